The fourth-order valence-electron chi connectivity index (χ4n) is 1.88. The summed E-state index contributed by atoms with van der Waals surface area (Å²) >= 11 is 0. The first-order valence-electron chi connectivity index (χ1n) is 5.61. The minimum absolute atomic E-state index is 0.176. The lowest BCUT2D eigenvalue weighted by molar-refractivity contribution is 0.376. The molecule has 0 saturated heterocycles. The normalized spacial score (nSPS) is 16.2. The Morgan fingerprint density at radius 3 is 2.53 bits per heavy atom. The summed E-state index contributed by atoms with van der Waals surface area (Å²) in [6, 6.07) is 7.70. The van der Waals surface area contributed by atoms with Crippen molar-refractivity contribution in [2.24, 2.45) is 0 Å². The van der Waals surface area contributed by atoms with Gasteiger partial charge in [-0.25, -0.2) is 8.42 Å². The maximum absolute atomic E-state index is 11.7. The lowest BCUT2D eigenvalue weighted by Gasteiger charge is -2.20. The molecule has 1 aromatic rings. The van der Waals surface area contributed by atoms with E-state index in [1.54, 1.807) is 11.4 Å². The van der Waals surface area contributed by atoms with Gasteiger partial charge in [-0.15, -0.1) is 0 Å². The summed E-state index contributed by atoms with van der Waals surface area (Å²) in [4.78, 5) is 0. The van der Waals surface area contributed by atoms with E-state index in [-0.39, 0.29) is 6.04 Å². The average molecular weight is 255 g/mol. The van der Waals surface area contributed by atoms with Crippen molar-refractivity contribution in [3.63, 3.8) is 0 Å². The van der Waals surface area contributed by atoms with Gasteiger partial charge >= 0.3 is 0 Å². The molecule has 0 amide bonds. The molecule has 0 heterocycles. The third kappa shape index (κ3) is 2.98. The number of benzene rings is 1. The molecule has 1 aliphatic rings. The number of ether oxygens (including phenoxy) is 1. The molecule has 0 atom stereocenters. The molecular weight excluding hydrogens is 238 g/mol. The van der Waals surface area contributed by atoms with Crippen molar-refractivity contribution < 1.29 is 13.2 Å². The van der Waals surface area contributed by atoms with Gasteiger partial charge in [0.2, 0.25) is 10.0 Å². The first kappa shape index (κ1) is 12.4. The van der Waals surface area contributed by atoms with Crippen LogP contribution in [-0.2, 0) is 16.6 Å². The number of hydrogen-bond donors (Lipinski definition) is 0. The zero-order valence-corrected chi connectivity index (χ0v) is 10.9. The van der Waals surface area contributed by atoms with E-state index in [0.29, 0.717) is 6.54 Å². The Kier molecular flexibility index (Phi) is 3.40. The molecule has 0 unspecified atom stereocenters. The molecule has 0 aromatic heterocycles. The first-order chi connectivity index (χ1) is 8.02. The lowest BCUT2D eigenvalue weighted by atomic mass is 10.2. The van der Waals surface area contributed by atoms with E-state index in [4.69, 9.17) is 4.74 Å². The maximum Gasteiger partial charge on any atom is 0.211 e. The van der Waals surface area contributed by atoms with Gasteiger partial charge in [-0.2, -0.15) is 4.31 Å². The number of hydrogen-bond acceptors (Lipinski definition) is 3. The quantitative estimate of drug-likeness (QED) is 0.803. The van der Waals surface area contributed by atoms with Crippen molar-refractivity contribution in [3.05, 3.63) is 29.8 Å². The summed E-state index contributed by atoms with van der Waals surface area (Å²) in [6.45, 7) is 0.396. The monoisotopic (exact) mass is 255 g/mol. The fourth-order valence-corrected chi connectivity index (χ4v) is 3.01. The van der Waals surface area contributed by atoms with Gasteiger partial charge in [-0.3, -0.25) is 0 Å². The molecule has 0 aliphatic heterocycles. The van der Waals surface area contributed by atoms with Crippen LogP contribution in [0.4, 0.5) is 0 Å². The largest absolute Gasteiger partial charge is 0.496 e. The van der Waals surface area contributed by atoms with Crippen molar-refractivity contribution in [2.75, 3.05) is 13.4 Å². The number of nitrogens with zero attached hydrogens (tertiary/aromatic N) is 1. The van der Waals surface area contributed by atoms with Crippen LogP contribution in [0.5, 0.6) is 5.75 Å². The van der Waals surface area contributed by atoms with Crippen LogP contribution in [0, 0.1) is 0 Å². The minimum atomic E-state index is -3.15. The highest BCUT2D eigenvalue weighted by atomic mass is 32.2. The third-order valence-corrected chi connectivity index (χ3v) is 4.18. The van der Waals surface area contributed by atoms with Crippen LogP contribution in [-0.4, -0.2) is 32.1 Å². The Morgan fingerprint density at radius 2 is 2.00 bits per heavy atom. The molecule has 4 nitrogen and oxygen atoms in total. The topological polar surface area (TPSA) is 46.6 Å². The molecule has 0 radical (unpaired) electrons. The second-order valence-corrected chi connectivity index (χ2v) is 6.29. The zero-order chi connectivity index (χ0) is 12.5. The van der Waals surface area contributed by atoms with E-state index < -0.39 is 10.0 Å². The molecule has 2 rings (SSSR count). The van der Waals surface area contributed by atoms with Gasteiger partial charge in [0.15, 0.2) is 0 Å². The van der Waals surface area contributed by atoms with Crippen molar-refractivity contribution in [1.29, 1.82) is 0 Å². The van der Waals surface area contributed by atoms with Gasteiger partial charge in [0, 0.05) is 18.2 Å². The van der Waals surface area contributed by atoms with Crippen LogP contribution in [0.15, 0.2) is 24.3 Å². The highest BCUT2D eigenvalue weighted by Gasteiger charge is 2.35. The average Bonchev–Trinajstić information content (AvgIpc) is 3.08. The van der Waals surface area contributed by atoms with Crippen molar-refractivity contribution in [3.8, 4) is 5.75 Å². The van der Waals surface area contributed by atoms with Crippen LogP contribution >= 0.6 is 0 Å². The standard InChI is InChI=1S/C12H17NO3S/c1-16-12-6-4-3-5-10(12)9-13(11-7-8-11)17(2,14)15/h3-6,11H,7-9H2,1-2H3. The molecule has 94 valence electrons. The predicted molar refractivity (Wildman–Crippen MR) is 66.4 cm³/mol. The molecule has 0 spiro atoms. The van der Waals surface area contributed by atoms with Gasteiger partial charge in [-0.1, -0.05) is 18.2 Å². The number of sulfonamides is 1. The molecule has 1 aromatic carbocycles. The van der Waals surface area contributed by atoms with E-state index in [2.05, 4.69) is 0 Å². The van der Waals surface area contributed by atoms with Gasteiger partial charge in [-0.05, 0) is 18.9 Å². The Labute approximate surface area is 102 Å². The molecular formula is C12H17NO3S. The second-order valence-electron chi connectivity index (χ2n) is 4.35. The first-order valence-corrected chi connectivity index (χ1v) is 7.46. The van der Waals surface area contributed by atoms with Gasteiger partial charge in [0.25, 0.3) is 0 Å². The smallest absolute Gasteiger partial charge is 0.211 e. The summed E-state index contributed by atoms with van der Waals surface area (Å²) in [6.07, 6.45) is 3.19. The summed E-state index contributed by atoms with van der Waals surface area (Å²) < 4.78 is 30.2. The third-order valence-electron chi connectivity index (χ3n) is 2.90. The predicted octanol–water partition coefficient (Wildman–Crippen LogP) is 1.62. The van der Waals surface area contributed by atoms with Crippen LogP contribution in [0.2, 0.25) is 0 Å². The number of methoxy groups -OCH3 is 1. The van der Waals surface area contributed by atoms with Crippen LogP contribution in [0.1, 0.15) is 18.4 Å². The van der Waals surface area contributed by atoms with Crippen molar-refractivity contribution in [1.82, 2.24) is 4.31 Å². The van der Waals surface area contributed by atoms with Crippen molar-refractivity contribution >= 4 is 10.0 Å². The molecule has 1 fully saturated rings. The van der Waals surface area contributed by atoms with E-state index in [1.807, 2.05) is 24.3 Å². The molecule has 17 heavy (non-hydrogen) atoms. The summed E-state index contributed by atoms with van der Waals surface area (Å²) in [5.74, 6) is 0.738. The minimum Gasteiger partial charge on any atom is -0.496 e. The highest BCUT2D eigenvalue weighted by Crippen LogP contribution is 2.32. The van der Waals surface area contributed by atoms with E-state index >= 15 is 0 Å². The molecule has 1 saturated carbocycles. The Balaban J connectivity index is 2.23. The SMILES string of the molecule is COc1ccccc1CN(C1CC1)S(C)(=O)=O. The van der Waals surface area contributed by atoms with Crippen LogP contribution in [0.25, 0.3) is 0 Å². The molecule has 1 aliphatic carbocycles. The fraction of sp³-hybridized carbons (Fsp3) is 0.500. The molecule has 0 bridgehead atoms. The summed E-state index contributed by atoms with van der Waals surface area (Å²) in [5.41, 5.74) is 0.910. The highest BCUT2D eigenvalue weighted by molar-refractivity contribution is 7.88. The molecule has 5 heteroatoms. The summed E-state index contributed by atoms with van der Waals surface area (Å²) in [7, 11) is -1.55. The van der Waals surface area contributed by atoms with Gasteiger partial charge < -0.3 is 4.74 Å². The van der Waals surface area contributed by atoms with E-state index in [1.165, 1.54) is 6.26 Å². The summed E-state index contributed by atoms with van der Waals surface area (Å²) in [5, 5.41) is 0. The van der Waals surface area contributed by atoms with Gasteiger partial charge in [0.1, 0.15) is 5.75 Å². The van der Waals surface area contributed by atoms with Gasteiger partial charge in [0.05, 0.1) is 13.4 Å². The second kappa shape index (κ2) is 4.66. The molecule has 0 N–H and O–H groups in total. The van der Waals surface area contributed by atoms with E-state index in [0.717, 1.165) is 24.2 Å². The number of para-hydroxylation sites is 1. The van der Waals surface area contributed by atoms with Crippen LogP contribution < -0.4 is 4.74 Å². The van der Waals surface area contributed by atoms with Crippen molar-refractivity contribution in [2.45, 2.75) is 25.4 Å². The number of rotatable bonds is 5. The van der Waals surface area contributed by atoms with E-state index in [9.17, 15) is 8.42 Å². The lowest BCUT2D eigenvalue weighted by Crippen LogP contribution is -2.31. The maximum atomic E-state index is 11.7. The zero-order valence-electron chi connectivity index (χ0n) is 10.1. The Morgan fingerprint density at radius 1 is 1.35 bits per heavy atom. The van der Waals surface area contributed by atoms with Crippen LogP contribution in [0.3, 0.4) is 0 Å². The Hall–Kier alpha value is -1.07. The Bertz CT molecular complexity index is 494.